The van der Waals surface area contributed by atoms with Gasteiger partial charge in [0.1, 0.15) is 0 Å². The fourth-order valence-corrected chi connectivity index (χ4v) is 1.89. The van der Waals surface area contributed by atoms with E-state index in [-0.39, 0.29) is 9.65 Å². The van der Waals surface area contributed by atoms with Crippen molar-refractivity contribution in [3.8, 4) is 0 Å². The van der Waals surface area contributed by atoms with Crippen molar-refractivity contribution >= 4 is 39.5 Å². The summed E-state index contributed by atoms with van der Waals surface area (Å²) in [6.07, 6.45) is 1.74. The molecule has 0 aromatic rings. The fraction of sp³-hybridized carbons (Fsp3) is 0.714. The van der Waals surface area contributed by atoms with Gasteiger partial charge in [0, 0.05) is 29.7 Å². The molecule has 0 rings (SSSR count). The Kier molecular flexibility index (Phi) is 6.77. The molecule has 0 saturated heterocycles. The molecule has 0 N–H and O–H groups in total. The minimum Gasteiger partial charge on any atom is -0.309 e. The first-order chi connectivity index (χ1) is 5.95. The molecule has 0 aromatic carbocycles. The van der Waals surface area contributed by atoms with Crippen LogP contribution in [0.3, 0.4) is 0 Å². The summed E-state index contributed by atoms with van der Waals surface area (Å²) >= 11 is 6.77. The number of alkyl halides is 2. The fourth-order valence-electron chi connectivity index (χ4n) is 0.537. The number of halogens is 2. The van der Waals surface area contributed by atoms with E-state index in [1.54, 1.807) is 6.08 Å². The van der Waals surface area contributed by atoms with Gasteiger partial charge in [-0.05, 0) is 0 Å². The standard InChI is InChI=1S/C7H13Br2O3P/c1-6(8)7(9)4-5-13(10,11-2)12-3/h4-7H,1-3H3/b5-4+. The van der Waals surface area contributed by atoms with Crippen LogP contribution in [0.15, 0.2) is 11.9 Å². The van der Waals surface area contributed by atoms with Crippen LogP contribution < -0.4 is 0 Å². The second-order valence-corrected chi connectivity index (χ2v) is 6.98. The van der Waals surface area contributed by atoms with Crippen LogP contribution in [0.5, 0.6) is 0 Å². The van der Waals surface area contributed by atoms with Crippen LogP contribution in [0.4, 0.5) is 0 Å². The van der Waals surface area contributed by atoms with Crippen LogP contribution in [0.1, 0.15) is 6.92 Å². The smallest absolute Gasteiger partial charge is 0.309 e. The van der Waals surface area contributed by atoms with Gasteiger partial charge in [-0.2, -0.15) is 0 Å². The normalized spacial score (nSPS) is 17.6. The summed E-state index contributed by atoms with van der Waals surface area (Å²) in [5.41, 5.74) is 0. The van der Waals surface area contributed by atoms with Crippen LogP contribution >= 0.6 is 39.5 Å². The maximum Gasteiger partial charge on any atom is 0.353 e. The molecule has 6 heteroatoms. The number of hydrogen-bond donors (Lipinski definition) is 0. The van der Waals surface area contributed by atoms with Gasteiger partial charge in [0.15, 0.2) is 0 Å². The van der Waals surface area contributed by atoms with E-state index in [1.807, 2.05) is 6.92 Å². The highest BCUT2D eigenvalue weighted by molar-refractivity contribution is 9.12. The van der Waals surface area contributed by atoms with Crippen LogP contribution in [0.25, 0.3) is 0 Å². The van der Waals surface area contributed by atoms with Crippen molar-refractivity contribution < 1.29 is 13.6 Å². The quantitative estimate of drug-likeness (QED) is 0.569. The predicted molar refractivity (Wildman–Crippen MR) is 61.9 cm³/mol. The molecule has 78 valence electrons. The van der Waals surface area contributed by atoms with Crippen molar-refractivity contribution in [1.29, 1.82) is 0 Å². The van der Waals surface area contributed by atoms with Crippen LogP contribution in [0, 0.1) is 0 Å². The lowest BCUT2D eigenvalue weighted by Crippen LogP contribution is -2.05. The lowest BCUT2D eigenvalue weighted by Gasteiger charge is -2.10. The number of hydrogen-bond acceptors (Lipinski definition) is 3. The van der Waals surface area contributed by atoms with Crippen molar-refractivity contribution in [2.45, 2.75) is 16.6 Å². The average Bonchev–Trinajstić information content (AvgIpc) is 2.13. The van der Waals surface area contributed by atoms with Gasteiger partial charge in [0.25, 0.3) is 0 Å². The van der Waals surface area contributed by atoms with Gasteiger partial charge in [0.05, 0.1) is 0 Å². The molecule has 0 fully saturated rings. The van der Waals surface area contributed by atoms with Gasteiger partial charge in [-0.3, -0.25) is 4.57 Å². The van der Waals surface area contributed by atoms with E-state index in [9.17, 15) is 4.57 Å². The van der Waals surface area contributed by atoms with E-state index in [0.29, 0.717) is 0 Å². The van der Waals surface area contributed by atoms with E-state index < -0.39 is 7.60 Å². The monoisotopic (exact) mass is 334 g/mol. The first kappa shape index (κ1) is 13.8. The maximum atomic E-state index is 11.5. The Morgan fingerprint density at radius 2 is 1.77 bits per heavy atom. The Labute approximate surface area is 95.7 Å². The lowest BCUT2D eigenvalue weighted by atomic mass is 10.3. The van der Waals surface area contributed by atoms with Gasteiger partial charge >= 0.3 is 7.60 Å². The zero-order valence-corrected chi connectivity index (χ0v) is 11.8. The summed E-state index contributed by atoms with van der Waals surface area (Å²) in [6, 6.07) is 0. The highest BCUT2D eigenvalue weighted by atomic mass is 79.9. The van der Waals surface area contributed by atoms with Crippen LogP contribution in [-0.4, -0.2) is 23.9 Å². The number of allylic oxidation sites excluding steroid dienone is 1. The second-order valence-electron chi connectivity index (χ2n) is 2.37. The largest absolute Gasteiger partial charge is 0.353 e. The highest BCUT2D eigenvalue weighted by Gasteiger charge is 2.17. The van der Waals surface area contributed by atoms with E-state index in [2.05, 4.69) is 31.9 Å². The average molecular weight is 336 g/mol. The van der Waals surface area contributed by atoms with E-state index in [4.69, 9.17) is 9.05 Å². The van der Waals surface area contributed by atoms with E-state index in [0.717, 1.165) is 0 Å². The zero-order chi connectivity index (χ0) is 10.5. The highest BCUT2D eigenvalue weighted by Crippen LogP contribution is 2.48. The summed E-state index contributed by atoms with van der Waals surface area (Å²) in [5.74, 6) is 1.45. The van der Waals surface area contributed by atoms with E-state index in [1.165, 1.54) is 20.0 Å². The molecule has 0 aliphatic rings. The Hall–Kier alpha value is 0.850. The summed E-state index contributed by atoms with van der Waals surface area (Å²) in [5, 5.41) is 0. The summed E-state index contributed by atoms with van der Waals surface area (Å²) in [7, 11) is -0.293. The molecule has 0 radical (unpaired) electrons. The molecular weight excluding hydrogens is 323 g/mol. The molecule has 0 aromatic heterocycles. The minimum absolute atomic E-state index is 0.103. The molecule has 2 unspecified atom stereocenters. The molecule has 0 bridgehead atoms. The van der Waals surface area contributed by atoms with Crippen LogP contribution in [0.2, 0.25) is 0 Å². The third kappa shape index (κ3) is 5.33. The molecule has 0 saturated carbocycles. The molecule has 0 heterocycles. The van der Waals surface area contributed by atoms with Crippen molar-refractivity contribution in [3.05, 3.63) is 11.9 Å². The lowest BCUT2D eigenvalue weighted by molar-refractivity contribution is 0.286. The Balaban J connectivity index is 4.32. The van der Waals surface area contributed by atoms with Gasteiger partial charge in [-0.25, -0.2) is 0 Å². The minimum atomic E-state index is -3.01. The molecule has 13 heavy (non-hydrogen) atoms. The molecule has 0 spiro atoms. The zero-order valence-electron chi connectivity index (χ0n) is 7.74. The molecule has 0 aliphatic heterocycles. The molecular formula is C7H13Br2O3P. The third-order valence-electron chi connectivity index (χ3n) is 1.40. The molecule has 2 atom stereocenters. The number of rotatable bonds is 5. The van der Waals surface area contributed by atoms with Crippen molar-refractivity contribution in [1.82, 2.24) is 0 Å². The summed E-state index contributed by atoms with van der Waals surface area (Å²) in [6.45, 7) is 1.98. The van der Waals surface area contributed by atoms with Gasteiger partial charge in [-0.1, -0.05) is 44.9 Å². The third-order valence-corrected chi connectivity index (χ3v) is 5.33. The first-order valence-corrected chi connectivity index (χ1v) is 7.08. The summed E-state index contributed by atoms with van der Waals surface area (Å²) in [4.78, 5) is 0.358. The second kappa shape index (κ2) is 6.36. The Bertz CT molecular complexity index is 210. The van der Waals surface area contributed by atoms with Gasteiger partial charge in [-0.15, -0.1) is 0 Å². The molecule has 0 aliphatic carbocycles. The molecule has 0 amide bonds. The molecule has 3 nitrogen and oxygen atoms in total. The van der Waals surface area contributed by atoms with Gasteiger partial charge < -0.3 is 9.05 Å². The predicted octanol–water partition coefficient (Wildman–Crippen LogP) is 3.53. The Morgan fingerprint density at radius 1 is 1.31 bits per heavy atom. The van der Waals surface area contributed by atoms with Crippen LogP contribution in [-0.2, 0) is 13.6 Å². The first-order valence-electron chi connectivity index (χ1n) is 3.64. The topological polar surface area (TPSA) is 35.5 Å². The SMILES string of the molecule is COP(=O)(/C=C/C(Br)C(C)Br)OC. The van der Waals surface area contributed by atoms with E-state index >= 15 is 0 Å². The van der Waals surface area contributed by atoms with Crippen molar-refractivity contribution in [2.24, 2.45) is 0 Å². The maximum absolute atomic E-state index is 11.5. The summed E-state index contributed by atoms with van der Waals surface area (Å²) < 4.78 is 21.0. The van der Waals surface area contributed by atoms with Crippen molar-refractivity contribution in [3.63, 3.8) is 0 Å². The van der Waals surface area contributed by atoms with Gasteiger partial charge in [0.2, 0.25) is 0 Å². The Morgan fingerprint density at radius 3 is 2.08 bits per heavy atom. The van der Waals surface area contributed by atoms with Crippen molar-refractivity contribution in [2.75, 3.05) is 14.2 Å².